The maximum Gasteiger partial charge on any atom is 0.335 e. The molecule has 27 heavy (non-hydrogen) atoms. The van der Waals surface area contributed by atoms with Gasteiger partial charge in [-0.25, -0.2) is 13.2 Å². The minimum Gasteiger partial charge on any atom is -0.478 e. The standard InChI is InChI=1S/C19H22N2O5S/c1-13(2)21(3)27(25,26)17-6-4-5-16(11-17)18(22)20-12-14-7-9-15(10-8-14)19(23)24/h4-11,13H,12H2,1-3H3,(H,20,22)(H,23,24). The molecule has 0 atom stereocenters. The van der Waals surface area contributed by atoms with Crippen molar-refractivity contribution in [1.29, 1.82) is 0 Å². The molecule has 2 rings (SSSR count). The third kappa shape index (κ3) is 4.93. The molecule has 0 aliphatic carbocycles. The molecule has 0 aliphatic heterocycles. The van der Waals surface area contributed by atoms with E-state index in [0.717, 1.165) is 5.56 Å². The number of aromatic carboxylic acids is 1. The third-order valence-electron chi connectivity index (χ3n) is 4.15. The molecule has 0 saturated carbocycles. The molecule has 2 aromatic carbocycles. The number of hydrogen-bond acceptors (Lipinski definition) is 4. The molecular weight excluding hydrogens is 368 g/mol. The van der Waals surface area contributed by atoms with Crippen molar-refractivity contribution in [1.82, 2.24) is 9.62 Å². The van der Waals surface area contributed by atoms with E-state index < -0.39 is 21.9 Å². The lowest BCUT2D eigenvalue weighted by molar-refractivity contribution is 0.0696. The molecule has 0 fully saturated rings. The number of carbonyl (C=O) groups is 2. The molecule has 2 aromatic rings. The summed E-state index contributed by atoms with van der Waals surface area (Å²) in [6.07, 6.45) is 0. The SMILES string of the molecule is CC(C)N(C)S(=O)(=O)c1cccc(C(=O)NCc2ccc(C(=O)O)cc2)c1. The predicted molar refractivity (Wildman–Crippen MR) is 101 cm³/mol. The first-order chi connectivity index (χ1) is 12.6. The van der Waals surface area contributed by atoms with Gasteiger partial charge in [0.05, 0.1) is 10.5 Å². The maximum absolute atomic E-state index is 12.6. The monoisotopic (exact) mass is 390 g/mol. The molecule has 0 spiro atoms. The van der Waals surface area contributed by atoms with E-state index >= 15 is 0 Å². The summed E-state index contributed by atoms with van der Waals surface area (Å²) >= 11 is 0. The summed E-state index contributed by atoms with van der Waals surface area (Å²) in [7, 11) is -2.18. The molecular formula is C19H22N2O5S. The lowest BCUT2D eigenvalue weighted by Gasteiger charge is -2.21. The fourth-order valence-corrected chi connectivity index (χ4v) is 3.71. The Morgan fingerprint density at radius 2 is 1.70 bits per heavy atom. The Hall–Kier alpha value is -2.71. The van der Waals surface area contributed by atoms with Crippen LogP contribution < -0.4 is 5.32 Å². The van der Waals surface area contributed by atoms with Gasteiger partial charge in [0.2, 0.25) is 10.0 Å². The normalized spacial score (nSPS) is 11.6. The Balaban J connectivity index is 2.12. The Morgan fingerprint density at radius 1 is 1.07 bits per heavy atom. The van der Waals surface area contributed by atoms with Crippen molar-refractivity contribution in [2.24, 2.45) is 0 Å². The highest BCUT2D eigenvalue weighted by Crippen LogP contribution is 2.18. The van der Waals surface area contributed by atoms with E-state index in [2.05, 4.69) is 5.32 Å². The van der Waals surface area contributed by atoms with Crippen molar-refractivity contribution in [3.8, 4) is 0 Å². The second-order valence-electron chi connectivity index (χ2n) is 6.33. The van der Waals surface area contributed by atoms with Crippen molar-refractivity contribution in [2.75, 3.05) is 7.05 Å². The van der Waals surface area contributed by atoms with Crippen LogP contribution in [-0.2, 0) is 16.6 Å². The van der Waals surface area contributed by atoms with Crippen LogP contribution in [0.2, 0.25) is 0 Å². The lowest BCUT2D eigenvalue weighted by atomic mass is 10.1. The first-order valence-electron chi connectivity index (χ1n) is 8.31. The van der Waals surface area contributed by atoms with Crippen LogP contribution in [0, 0.1) is 0 Å². The van der Waals surface area contributed by atoms with E-state index in [9.17, 15) is 18.0 Å². The van der Waals surface area contributed by atoms with E-state index in [1.807, 2.05) is 0 Å². The number of nitrogens with one attached hydrogen (secondary N) is 1. The summed E-state index contributed by atoms with van der Waals surface area (Å²) in [6.45, 7) is 3.73. The predicted octanol–water partition coefficient (Wildman–Crippen LogP) is 2.34. The Bertz CT molecular complexity index is 937. The van der Waals surface area contributed by atoms with Crippen LogP contribution in [0.4, 0.5) is 0 Å². The molecule has 0 aromatic heterocycles. The van der Waals surface area contributed by atoms with Gasteiger partial charge >= 0.3 is 5.97 Å². The number of carboxylic acids is 1. The molecule has 2 N–H and O–H groups in total. The molecule has 0 heterocycles. The number of nitrogens with zero attached hydrogens (tertiary/aromatic N) is 1. The first kappa shape index (κ1) is 20.6. The highest BCUT2D eigenvalue weighted by Gasteiger charge is 2.23. The van der Waals surface area contributed by atoms with Crippen LogP contribution in [0.1, 0.15) is 40.1 Å². The summed E-state index contributed by atoms with van der Waals surface area (Å²) in [4.78, 5) is 23.3. The summed E-state index contributed by atoms with van der Waals surface area (Å²) in [6, 6.07) is 11.8. The number of amides is 1. The summed E-state index contributed by atoms with van der Waals surface area (Å²) < 4.78 is 26.4. The van der Waals surface area contributed by atoms with Crippen LogP contribution >= 0.6 is 0 Å². The van der Waals surface area contributed by atoms with Crippen LogP contribution in [-0.4, -0.2) is 42.8 Å². The van der Waals surface area contributed by atoms with Crippen LogP contribution in [0.15, 0.2) is 53.4 Å². The van der Waals surface area contributed by atoms with Crippen LogP contribution in [0.25, 0.3) is 0 Å². The topological polar surface area (TPSA) is 104 Å². The van der Waals surface area contributed by atoms with E-state index in [0.29, 0.717) is 0 Å². The molecule has 7 nitrogen and oxygen atoms in total. The fourth-order valence-electron chi connectivity index (χ4n) is 2.29. The van der Waals surface area contributed by atoms with E-state index in [1.54, 1.807) is 26.0 Å². The smallest absolute Gasteiger partial charge is 0.335 e. The number of benzene rings is 2. The van der Waals surface area contributed by atoms with Crippen LogP contribution in [0.3, 0.4) is 0 Å². The molecule has 144 valence electrons. The van der Waals surface area contributed by atoms with Gasteiger partial charge in [0, 0.05) is 25.2 Å². The highest BCUT2D eigenvalue weighted by atomic mass is 32.2. The number of carboxylic acid groups (broad SMARTS) is 1. The molecule has 0 saturated heterocycles. The quantitative estimate of drug-likeness (QED) is 0.755. The van der Waals surface area contributed by atoms with Gasteiger partial charge in [-0.2, -0.15) is 4.31 Å². The highest BCUT2D eigenvalue weighted by molar-refractivity contribution is 7.89. The molecule has 0 bridgehead atoms. The average molecular weight is 390 g/mol. The molecule has 0 radical (unpaired) electrons. The molecule has 0 aliphatic rings. The van der Waals surface area contributed by atoms with Crippen molar-refractivity contribution >= 4 is 21.9 Å². The Kier molecular flexibility index (Phi) is 6.35. The number of carbonyl (C=O) groups excluding carboxylic acids is 1. The first-order valence-corrected chi connectivity index (χ1v) is 9.75. The summed E-state index contributed by atoms with van der Waals surface area (Å²) in [5.41, 5.74) is 1.13. The summed E-state index contributed by atoms with van der Waals surface area (Å²) in [5.74, 6) is -1.43. The Morgan fingerprint density at radius 3 is 2.26 bits per heavy atom. The van der Waals surface area contributed by atoms with Gasteiger partial charge in [0.1, 0.15) is 0 Å². The van der Waals surface area contributed by atoms with Gasteiger partial charge in [0.15, 0.2) is 0 Å². The van der Waals surface area contributed by atoms with E-state index in [4.69, 9.17) is 5.11 Å². The second-order valence-corrected chi connectivity index (χ2v) is 8.33. The van der Waals surface area contributed by atoms with E-state index in [-0.39, 0.29) is 28.6 Å². The van der Waals surface area contributed by atoms with Gasteiger partial charge < -0.3 is 10.4 Å². The molecule has 1 amide bonds. The van der Waals surface area contributed by atoms with Gasteiger partial charge in [-0.3, -0.25) is 4.79 Å². The third-order valence-corrected chi connectivity index (χ3v) is 6.18. The Labute approximate surface area is 158 Å². The van der Waals surface area contributed by atoms with Gasteiger partial charge in [-0.15, -0.1) is 0 Å². The molecule has 8 heteroatoms. The van der Waals surface area contributed by atoms with Gasteiger partial charge in [0.25, 0.3) is 5.91 Å². The zero-order valence-corrected chi connectivity index (χ0v) is 16.2. The minimum absolute atomic E-state index is 0.0529. The summed E-state index contributed by atoms with van der Waals surface area (Å²) in [5, 5.41) is 11.6. The largest absolute Gasteiger partial charge is 0.478 e. The number of rotatable bonds is 7. The van der Waals surface area contributed by atoms with Crippen LogP contribution in [0.5, 0.6) is 0 Å². The fraction of sp³-hybridized carbons (Fsp3) is 0.263. The lowest BCUT2D eigenvalue weighted by Crippen LogP contribution is -2.33. The van der Waals surface area contributed by atoms with Crippen molar-refractivity contribution in [3.63, 3.8) is 0 Å². The van der Waals surface area contributed by atoms with Crippen molar-refractivity contribution < 1.29 is 23.1 Å². The minimum atomic E-state index is -3.68. The zero-order chi connectivity index (χ0) is 20.2. The molecule has 0 unspecified atom stereocenters. The van der Waals surface area contributed by atoms with Crippen molar-refractivity contribution in [3.05, 3.63) is 65.2 Å². The zero-order valence-electron chi connectivity index (χ0n) is 15.3. The van der Waals surface area contributed by atoms with Gasteiger partial charge in [-0.1, -0.05) is 18.2 Å². The van der Waals surface area contributed by atoms with E-state index in [1.165, 1.54) is 47.8 Å². The van der Waals surface area contributed by atoms with Crippen molar-refractivity contribution in [2.45, 2.75) is 31.3 Å². The number of hydrogen-bond donors (Lipinski definition) is 2. The van der Waals surface area contributed by atoms with Gasteiger partial charge in [-0.05, 0) is 49.7 Å². The number of sulfonamides is 1. The maximum atomic E-state index is 12.6. The second kappa shape index (κ2) is 8.32. The average Bonchev–Trinajstić information content (AvgIpc) is 2.65.